The standard InChI is InChI=1S/C11H12FNO/c1-2-5-14-8-9-3-4-11(12)10(6-9)7-13/h3-4,6H,2,5,8H2,1H3. The Kier molecular flexibility index (Phi) is 4.09. The van der Waals surface area contributed by atoms with E-state index in [9.17, 15) is 4.39 Å². The fraction of sp³-hybridized carbons (Fsp3) is 0.364. The first kappa shape index (κ1) is 10.7. The van der Waals surface area contributed by atoms with Crippen molar-refractivity contribution in [2.24, 2.45) is 0 Å². The molecular weight excluding hydrogens is 181 g/mol. The monoisotopic (exact) mass is 193 g/mol. The van der Waals surface area contributed by atoms with Crippen LogP contribution in [0.3, 0.4) is 0 Å². The molecule has 0 aliphatic carbocycles. The highest BCUT2D eigenvalue weighted by Gasteiger charge is 2.02. The van der Waals surface area contributed by atoms with E-state index in [0.717, 1.165) is 12.0 Å². The molecule has 0 aliphatic heterocycles. The second-order valence-corrected chi connectivity index (χ2v) is 2.98. The van der Waals surface area contributed by atoms with Crippen LogP contribution in [0.5, 0.6) is 0 Å². The number of hydrogen-bond acceptors (Lipinski definition) is 2. The SMILES string of the molecule is CCCOCc1ccc(F)c(C#N)c1. The average Bonchev–Trinajstić information content (AvgIpc) is 2.21. The number of nitrogens with zero attached hydrogens (tertiary/aromatic N) is 1. The van der Waals surface area contributed by atoms with Crippen LogP contribution in [0.1, 0.15) is 24.5 Å². The Balaban J connectivity index is 2.66. The van der Waals surface area contributed by atoms with Crippen LogP contribution < -0.4 is 0 Å². The Hall–Kier alpha value is -1.40. The average molecular weight is 193 g/mol. The molecule has 0 spiro atoms. The van der Waals surface area contributed by atoms with Gasteiger partial charge in [-0.2, -0.15) is 5.26 Å². The molecule has 1 aromatic carbocycles. The number of ether oxygens (including phenoxy) is 1. The van der Waals surface area contributed by atoms with Crippen molar-refractivity contribution in [3.8, 4) is 6.07 Å². The molecule has 0 heterocycles. The zero-order valence-corrected chi connectivity index (χ0v) is 8.09. The Morgan fingerprint density at radius 1 is 1.50 bits per heavy atom. The number of benzene rings is 1. The minimum Gasteiger partial charge on any atom is -0.377 e. The molecule has 0 saturated heterocycles. The molecule has 1 rings (SSSR count). The second kappa shape index (κ2) is 5.36. The highest BCUT2D eigenvalue weighted by molar-refractivity contribution is 5.34. The third-order valence-corrected chi connectivity index (χ3v) is 1.77. The summed E-state index contributed by atoms with van der Waals surface area (Å²) in [5.74, 6) is -0.480. The van der Waals surface area contributed by atoms with Crippen LogP contribution in [0.4, 0.5) is 4.39 Å². The summed E-state index contributed by atoms with van der Waals surface area (Å²) < 4.78 is 18.2. The third kappa shape index (κ3) is 2.82. The lowest BCUT2D eigenvalue weighted by Crippen LogP contribution is -1.95. The first-order valence-corrected chi connectivity index (χ1v) is 4.54. The fourth-order valence-electron chi connectivity index (χ4n) is 1.08. The highest BCUT2D eigenvalue weighted by atomic mass is 19.1. The molecule has 0 N–H and O–H groups in total. The molecule has 0 radical (unpaired) electrons. The number of hydrogen-bond donors (Lipinski definition) is 0. The van der Waals surface area contributed by atoms with E-state index in [1.54, 1.807) is 12.1 Å². The van der Waals surface area contributed by atoms with Crippen molar-refractivity contribution in [3.63, 3.8) is 0 Å². The van der Waals surface area contributed by atoms with Crippen molar-refractivity contribution in [1.82, 2.24) is 0 Å². The van der Waals surface area contributed by atoms with Gasteiger partial charge in [-0.25, -0.2) is 4.39 Å². The van der Waals surface area contributed by atoms with Gasteiger partial charge in [0.2, 0.25) is 0 Å². The molecule has 0 fully saturated rings. The Morgan fingerprint density at radius 2 is 2.29 bits per heavy atom. The van der Waals surface area contributed by atoms with Crippen LogP contribution in [0.15, 0.2) is 18.2 Å². The maximum absolute atomic E-state index is 12.9. The molecule has 0 atom stereocenters. The van der Waals surface area contributed by atoms with Gasteiger partial charge in [0.05, 0.1) is 12.2 Å². The normalized spacial score (nSPS) is 9.79. The van der Waals surface area contributed by atoms with Crippen molar-refractivity contribution < 1.29 is 9.13 Å². The lowest BCUT2D eigenvalue weighted by molar-refractivity contribution is 0.121. The zero-order valence-electron chi connectivity index (χ0n) is 8.09. The van der Waals surface area contributed by atoms with E-state index in [1.165, 1.54) is 12.1 Å². The summed E-state index contributed by atoms with van der Waals surface area (Å²) in [7, 11) is 0. The second-order valence-electron chi connectivity index (χ2n) is 2.98. The van der Waals surface area contributed by atoms with E-state index in [4.69, 9.17) is 10.00 Å². The molecule has 0 saturated carbocycles. The van der Waals surface area contributed by atoms with Crippen LogP contribution in [-0.4, -0.2) is 6.61 Å². The van der Waals surface area contributed by atoms with Gasteiger partial charge in [0, 0.05) is 6.61 Å². The molecule has 0 aliphatic rings. The van der Waals surface area contributed by atoms with E-state index in [0.29, 0.717) is 13.2 Å². The van der Waals surface area contributed by atoms with E-state index < -0.39 is 5.82 Å². The lowest BCUT2D eigenvalue weighted by atomic mass is 10.1. The van der Waals surface area contributed by atoms with Gasteiger partial charge in [0.25, 0.3) is 0 Å². The topological polar surface area (TPSA) is 33.0 Å². The van der Waals surface area contributed by atoms with Crippen molar-refractivity contribution >= 4 is 0 Å². The van der Waals surface area contributed by atoms with Crippen LogP contribution in [0, 0.1) is 17.1 Å². The fourth-order valence-corrected chi connectivity index (χ4v) is 1.08. The molecule has 0 bridgehead atoms. The summed E-state index contributed by atoms with van der Waals surface area (Å²) in [6.45, 7) is 3.13. The Bertz CT molecular complexity index is 344. The van der Waals surface area contributed by atoms with Gasteiger partial charge < -0.3 is 4.74 Å². The molecule has 3 heteroatoms. The number of halogens is 1. The van der Waals surface area contributed by atoms with Crippen molar-refractivity contribution in [1.29, 1.82) is 5.26 Å². The smallest absolute Gasteiger partial charge is 0.140 e. The van der Waals surface area contributed by atoms with Crippen molar-refractivity contribution in [3.05, 3.63) is 35.1 Å². The van der Waals surface area contributed by atoms with Gasteiger partial charge in [0.15, 0.2) is 0 Å². The largest absolute Gasteiger partial charge is 0.377 e. The Labute approximate surface area is 82.9 Å². The summed E-state index contributed by atoms with van der Waals surface area (Å²) in [6.07, 6.45) is 0.951. The summed E-state index contributed by atoms with van der Waals surface area (Å²) >= 11 is 0. The quantitative estimate of drug-likeness (QED) is 0.688. The predicted octanol–water partition coefficient (Wildman–Crippen LogP) is 2.62. The predicted molar refractivity (Wildman–Crippen MR) is 51.1 cm³/mol. The molecule has 0 aromatic heterocycles. The molecule has 0 amide bonds. The lowest BCUT2D eigenvalue weighted by Gasteiger charge is -2.03. The summed E-state index contributed by atoms with van der Waals surface area (Å²) in [5, 5.41) is 8.58. The van der Waals surface area contributed by atoms with Gasteiger partial charge in [-0.1, -0.05) is 13.0 Å². The van der Waals surface area contributed by atoms with Crippen LogP contribution in [0.2, 0.25) is 0 Å². The minimum absolute atomic E-state index is 0.0719. The molecule has 2 nitrogen and oxygen atoms in total. The van der Waals surface area contributed by atoms with E-state index in [1.807, 2.05) is 6.92 Å². The first-order valence-electron chi connectivity index (χ1n) is 4.54. The molecule has 1 aromatic rings. The molecule has 0 unspecified atom stereocenters. The third-order valence-electron chi connectivity index (χ3n) is 1.77. The highest BCUT2D eigenvalue weighted by Crippen LogP contribution is 2.10. The van der Waals surface area contributed by atoms with E-state index >= 15 is 0 Å². The van der Waals surface area contributed by atoms with Gasteiger partial charge in [-0.15, -0.1) is 0 Å². The van der Waals surface area contributed by atoms with Crippen LogP contribution in [-0.2, 0) is 11.3 Å². The zero-order chi connectivity index (χ0) is 10.4. The number of rotatable bonds is 4. The van der Waals surface area contributed by atoms with E-state index in [-0.39, 0.29) is 5.56 Å². The molecule has 14 heavy (non-hydrogen) atoms. The van der Waals surface area contributed by atoms with Gasteiger partial charge in [0.1, 0.15) is 11.9 Å². The van der Waals surface area contributed by atoms with Gasteiger partial charge in [-0.05, 0) is 24.1 Å². The van der Waals surface area contributed by atoms with Gasteiger partial charge in [-0.3, -0.25) is 0 Å². The van der Waals surface area contributed by atoms with Gasteiger partial charge >= 0.3 is 0 Å². The van der Waals surface area contributed by atoms with E-state index in [2.05, 4.69) is 0 Å². The van der Waals surface area contributed by atoms with Crippen LogP contribution >= 0.6 is 0 Å². The Morgan fingerprint density at radius 3 is 2.93 bits per heavy atom. The summed E-state index contributed by atoms with van der Waals surface area (Å²) in [4.78, 5) is 0. The molecular formula is C11H12FNO. The first-order chi connectivity index (χ1) is 6.77. The minimum atomic E-state index is -0.480. The maximum atomic E-state index is 12.9. The van der Waals surface area contributed by atoms with Crippen molar-refractivity contribution in [2.45, 2.75) is 20.0 Å². The molecule has 74 valence electrons. The summed E-state index contributed by atoms with van der Waals surface area (Å²) in [5.41, 5.74) is 0.902. The van der Waals surface area contributed by atoms with Crippen LogP contribution in [0.25, 0.3) is 0 Å². The number of nitriles is 1. The maximum Gasteiger partial charge on any atom is 0.140 e. The van der Waals surface area contributed by atoms with Crippen molar-refractivity contribution in [2.75, 3.05) is 6.61 Å². The summed E-state index contributed by atoms with van der Waals surface area (Å²) in [6, 6.07) is 6.24.